The fourth-order valence-electron chi connectivity index (χ4n) is 2.09. The molecule has 1 aromatic rings. The highest BCUT2D eigenvalue weighted by molar-refractivity contribution is 8.22. The molecular formula is C15H19N3O2S. The Bertz CT molecular complexity index is 599. The van der Waals surface area contributed by atoms with E-state index in [1.165, 1.54) is 7.11 Å². The quantitative estimate of drug-likeness (QED) is 0.441. The first-order chi connectivity index (χ1) is 10.2. The molecule has 0 saturated carbocycles. The normalized spacial score (nSPS) is 16.9. The lowest BCUT2D eigenvalue weighted by molar-refractivity contribution is -0.114. The largest absolute Gasteiger partial charge is 0.398 e. The summed E-state index contributed by atoms with van der Waals surface area (Å²) in [5, 5.41) is 10.4. The predicted octanol–water partition coefficient (Wildman–Crippen LogP) is 1.78. The number of benzene rings is 1. The highest BCUT2D eigenvalue weighted by Gasteiger charge is 2.22. The van der Waals surface area contributed by atoms with Crippen LogP contribution in [0.3, 0.4) is 0 Å². The second-order valence-corrected chi connectivity index (χ2v) is 6.41. The number of oxime groups is 1. The maximum Gasteiger partial charge on any atom is 0.273 e. The molecule has 1 aromatic carbocycles. The number of carbonyl (C=O) groups excluding carboxylic acids is 1. The number of hydrogen-bond donors (Lipinski definition) is 3. The Hall–Kier alpha value is -2.05. The van der Waals surface area contributed by atoms with Crippen molar-refractivity contribution >= 4 is 22.5 Å². The maximum atomic E-state index is 12.0. The Morgan fingerprint density at radius 3 is 2.62 bits per heavy atom. The van der Waals surface area contributed by atoms with Crippen LogP contribution in [0, 0.1) is 0 Å². The van der Waals surface area contributed by atoms with Crippen LogP contribution in [0.1, 0.15) is 16.5 Å². The van der Waals surface area contributed by atoms with E-state index in [9.17, 15) is 4.79 Å². The summed E-state index contributed by atoms with van der Waals surface area (Å²) in [7, 11) is 2.41. The standard InChI is InChI=1S/C15H19N3O2S/c1-17-15(19)13(18-20-2)11-7-3-4-8-12(11)14(16)21-9-5-6-10-21/h3-10,14,21H,16H2,1-2H3,(H,17,19). The van der Waals surface area contributed by atoms with Crippen molar-refractivity contribution in [3.8, 4) is 0 Å². The lowest BCUT2D eigenvalue weighted by Gasteiger charge is -2.23. The molecule has 2 rings (SSSR count). The zero-order chi connectivity index (χ0) is 15.2. The molecule has 0 radical (unpaired) electrons. The van der Waals surface area contributed by atoms with E-state index in [-0.39, 0.29) is 17.0 Å². The minimum atomic E-state index is -0.567. The van der Waals surface area contributed by atoms with Crippen LogP contribution in [0.2, 0.25) is 0 Å². The van der Waals surface area contributed by atoms with Crippen LogP contribution >= 0.6 is 10.9 Å². The van der Waals surface area contributed by atoms with Crippen molar-refractivity contribution in [1.82, 2.24) is 5.32 Å². The number of hydrogen-bond acceptors (Lipinski definition) is 4. The van der Waals surface area contributed by atoms with Crippen molar-refractivity contribution in [1.29, 1.82) is 0 Å². The minimum Gasteiger partial charge on any atom is -0.398 e. The second kappa shape index (κ2) is 7.10. The molecule has 3 N–H and O–H groups in total. The van der Waals surface area contributed by atoms with E-state index in [2.05, 4.69) is 21.3 Å². The van der Waals surface area contributed by atoms with Crippen molar-refractivity contribution in [2.45, 2.75) is 5.37 Å². The fourth-order valence-corrected chi connectivity index (χ4v) is 3.70. The topological polar surface area (TPSA) is 76.7 Å². The molecule has 1 aliphatic rings. The first-order valence-corrected chi connectivity index (χ1v) is 8.04. The van der Waals surface area contributed by atoms with E-state index in [0.29, 0.717) is 5.56 Å². The van der Waals surface area contributed by atoms with Gasteiger partial charge in [-0.05, 0) is 16.4 Å². The first kappa shape index (κ1) is 15.3. The third-order valence-electron chi connectivity index (χ3n) is 3.11. The maximum absolute atomic E-state index is 12.0. The van der Waals surface area contributed by atoms with Crippen LogP contribution < -0.4 is 11.1 Å². The number of allylic oxidation sites excluding steroid dienone is 2. The summed E-state index contributed by atoms with van der Waals surface area (Å²) in [5.74, 6) is -0.304. The summed E-state index contributed by atoms with van der Waals surface area (Å²) in [4.78, 5) is 16.8. The van der Waals surface area contributed by atoms with Gasteiger partial charge in [0.25, 0.3) is 5.91 Å². The Morgan fingerprint density at radius 2 is 2.00 bits per heavy atom. The van der Waals surface area contributed by atoms with Crippen molar-refractivity contribution in [2.75, 3.05) is 14.2 Å². The average Bonchev–Trinajstić information content (AvgIpc) is 3.05. The van der Waals surface area contributed by atoms with E-state index in [1.807, 2.05) is 36.4 Å². The van der Waals surface area contributed by atoms with Gasteiger partial charge in [-0.25, -0.2) is 0 Å². The Balaban J connectivity index is 2.44. The van der Waals surface area contributed by atoms with Gasteiger partial charge in [0.1, 0.15) is 7.11 Å². The fraction of sp³-hybridized carbons (Fsp3) is 0.200. The molecule has 1 heterocycles. The SMILES string of the molecule is CNC(=O)C(=NOC)c1ccccc1C(N)[SH]1C=CC=C1. The van der Waals surface area contributed by atoms with Crippen LogP contribution in [0.5, 0.6) is 0 Å². The third-order valence-corrected chi connectivity index (χ3v) is 5.06. The van der Waals surface area contributed by atoms with Crippen LogP contribution in [-0.4, -0.2) is 25.8 Å². The van der Waals surface area contributed by atoms with E-state index in [0.717, 1.165) is 5.56 Å². The van der Waals surface area contributed by atoms with Gasteiger partial charge >= 0.3 is 0 Å². The molecule has 6 heteroatoms. The monoisotopic (exact) mass is 305 g/mol. The molecule has 112 valence electrons. The van der Waals surface area contributed by atoms with Gasteiger partial charge in [-0.1, -0.05) is 41.6 Å². The number of carbonyl (C=O) groups is 1. The smallest absolute Gasteiger partial charge is 0.273 e. The summed E-state index contributed by atoms with van der Waals surface area (Å²) in [5.41, 5.74) is 8.19. The predicted molar refractivity (Wildman–Crippen MR) is 88.2 cm³/mol. The van der Waals surface area contributed by atoms with Crippen LogP contribution in [0.4, 0.5) is 0 Å². The molecule has 0 aliphatic carbocycles. The number of amides is 1. The highest BCUT2D eigenvalue weighted by Crippen LogP contribution is 2.45. The highest BCUT2D eigenvalue weighted by atomic mass is 32.2. The molecule has 1 atom stereocenters. The molecule has 0 spiro atoms. The number of thiol groups is 1. The Kier molecular flexibility index (Phi) is 5.19. The minimum absolute atomic E-state index is 0.182. The Morgan fingerprint density at radius 1 is 1.33 bits per heavy atom. The summed E-state index contributed by atoms with van der Waals surface area (Å²) in [6, 6.07) is 7.52. The van der Waals surface area contributed by atoms with Crippen molar-refractivity contribution in [2.24, 2.45) is 10.9 Å². The number of likely N-dealkylation sites (N-methyl/N-ethyl adjacent to an activating group) is 1. The number of nitrogens with two attached hydrogens (primary N) is 1. The molecule has 1 amide bonds. The van der Waals surface area contributed by atoms with Gasteiger partial charge < -0.3 is 15.9 Å². The lowest BCUT2D eigenvalue weighted by atomic mass is 10.0. The molecule has 5 nitrogen and oxygen atoms in total. The zero-order valence-electron chi connectivity index (χ0n) is 12.0. The molecular weight excluding hydrogens is 286 g/mol. The lowest BCUT2D eigenvalue weighted by Crippen LogP contribution is -2.30. The van der Waals surface area contributed by atoms with Gasteiger partial charge in [0.2, 0.25) is 0 Å². The number of rotatable bonds is 5. The van der Waals surface area contributed by atoms with Crippen molar-refractivity contribution < 1.29 is 9.63 Å². The van der Waals surface area contributed by atoms with Gasteiger partial charge in [-0.2, -0.15) is 10.9 Å². The van der Waals surface area contributed by atoms with Crippen LogP contribution in [-0.2, 0) is 9.63 Å². The molecule has 0 aromatic heterocycles. The second-order valence-electron chi connectivity index (χ2n) is 4.36. The average molecular weight is 305 g/mol. The number of nitrogens with one attached hydrogen (secondary N) is 1. The summed E-state index contributed by atoms with van der Waals surface area (Å²) in [6.07, 6.45) is 3.99. The summed E-state index contributed by atoms with van der Waals surface area (Å²) in [6.45, 7) is 0. The van der Waals surface area contributed by atoms with Crippen molar-refractivity contribution in [3.63, 3.8) is 0 Å². The zero-order valence-corrected chi connectivity index (χ0v) is 12.9. The van der Waals surface area contributed by atoms with Crippen LogP contribution in [0.25, 0.3) is 0 Å². The first-order valence-electron chi connectivity index (χ1n) is 6.49. The molecule has 1 aliphatic heterocycles. The molecule has 21 heavy (non-hydrogen) atoms. The van der Waals surface area contributed by atoms with E-state index in [1.54, 1.807) is 7.05 Å². The number of nitrogens with zero attached hydrogens (tertiary/aromatic N) is 1. The molecule has 1 unspecified atom stereocenters. The summed E-state index contributed by atoms with van der Waals surface area (Å²) >= 11 is 0. The van der Waals surface area contributed by atoms with E-state index in [4.69, 9.17) is 10.6 Å². The van der Waals surface area contributed by atoms with E-state index < -0.39 is 10.9 Å². The third kappa shape index (κ3) is 3.34. The molecule has 0 saturated heterocycles. The van der Waals surface area contributed by atoms with Gasteiger partial charge in [-0.15, -0.1) is 0 Å². The van der Waals surface area contributed by atoms with Gasteiger partial charge in [0.05, 0.1) is 5.37 Å². The van der Waals surface area contributed by atoms with Crippen molar-refractivity contribution in [3.05, 3.63) is 58.4 Å². The molecule has 0 fully saturated rings. The van der Waals surface area contributed by atoms with Crippen LogP contribution in [0.15, 0.2) is 52.4 Å². The summed E-state index contributed by atoms with van der Waals surface area (Å²) < 4.78 is 0. The van der Waals surface area contributed by atoms with Gasteiger partial charge in [0, 0.05) is 12.6 Å². The van der Waals surface area contributed by atoms with Gasteiger partial charge in [-0.3, -0.25) is 4.79 Å². The van der Waals surface area contributed by atoms with Gasteiger partial charge in [0.15, 0.2) is 5.71 Å². The molecule has 0 bridgehead atoms. The Labute approximate surface area is 126 Å². The van der Waals surface area contributed by atoms with E-state index >= 15 is 0 Å².